The van der Waals surface area contributed by atoms with Gasteiger partial charge in [-0.15, -0.1) is 0 Å². The molecule has 21 heavy (non-hydrogen) atoms. The van der Waals surface area contributed by atoms with E-state index in [1.54, 1.807) is 17.2 Å². The van der Waals surface area contributed by atoms with Crippen molar-refractivity contribution in [3.05, 3.63) is 24.2 Å². The molecular formula is C16H23NO4. The average molecular weight is 293 g/mol. The van der Waals surface area contributed by atoms with E-state index in [-0.39, 0.29) is 12.3 Å². The van der Waals surface area contributed by atoms with Gasteiger partial charge in [0.25, 0.3) is 0 Å². The number of furan rings is 1. The summed E-state index contributed by atoms with van der Waals surface area (Å²) in [6, 6.07) is 3.61. The number of carboxylic acids is 1. The van der Waals surface area contributed by atoms with Crippen LogP contribution in [0.4, 0.5) is 0 Å². The van der Waals surface area contributed by atoms with E-state index in [4.69, 9.17) is 4.42 Å². The van der Waals surface area contributed by atoms with Crippen LogP contribution in [0.2, 0.25) is 0 Å². The zero-order valence-corrected chi connectivity index (χ0v) is 12.5. The molecule has 5 nitrogen and oxygen atoms in total. The third kappa shape index (κ3) is 3.65. The van der Waals surface area contributed by atoms with Crippen LogP contribution < -0.4 is 0 Å². The molecule has 0 radical (unpaired) electrons. The Morgan fingerprint density at radius 2 is 2.05 bits per heavy atom. The highest BCUT2D eigenvalue weighted by atomic mass is 16.4. The minimum Gasteiger partial charge on any atom is -0.481 e. The summed E-state index contributed by atoms with van der Waals surface area (Å²) in [4.78, 5) is 25.8. The molecule has 1 N–H and O–H groups in total. The van der Waals surface area contributed by atoms with Crippen molar-refractivity contribution in [1.29, 1.82) is 0 Å². The first-order valence-corrected chi connectivity index (χ1v) is 7.61. The lowest BCUT2D eigenvalue weighted by Gasteiger charge is -2.34. The Hall–Kier alpha value is -1.78. The van der Waals surface area contributed by atoms with Crippen molar-refractivity contribution in [2.75, 3.05) is 6.54 Å². The van der Waals surface area contributed by atoms with E-state index in [9.17, 15) is 14.7 Å². The van der Waals surface area contributed by atoms with Gasteiger partial charge in [0.15, 0.2) is 0 Å². The molecule has 0 spiro atoms. The van der Waals surface area contributed by atoms with Crippen LogP contribution in [0.25, 0.3) is 0 Å². The fraction of sp³-hybridized carbons (Fsp3) is 0.625. The van der Waals surface area contributed by atoms with Crippen molar-refractivity contribution in [3.63, 3.8) is 0 Å². The van der Waals surface area contributed by atoms with Crippen LogP contribution >= 0.6 is 0 Å². The quantitative estimate of drug-likeness (QED) is 0.875. The summed E-state index contributed by atoms with van der Waals surface area (Å²) in [5.41, 5.74) is -0.869. The topological polar surface area (TPSA) is 70.8 Å². The molecule has 2 rings (SSSR count). The first-order chi connectivity index (χ1) is 10.1. The van der Waals surface area contributed by atoms with E-state index >= 15 is 0 Å². The highest BCUT2D eigenvalue weighted by Crippen LogP contribution is 2.40. The van der Waals surface area contributed by atoms with Gasteiger partial charge in [0.05, 0.1) is 18.2 Å². The lowest BCUT2D eigenvalue weighted by atomic mass is 9.71. The summed E-state index contributed by atoms with van der Waals surface area (Å²) in [5.74, 6) is -0.207. The van der Waals surface area contributed by atoms with Crippen molar-refractivity contribution in [3.8, 4) is 0 Å². The number of rotatable bonds is 6. The summed E-state index contributed by atoms with van der Waals surface area (Å²) in [6.07, 6.45) is 5.73. The van der Waals surface area contributed by atoms with Crippen LogP contribution in [0, 0.1) is 5.41 Å². The molecule has 0 saturated heterocycles. The molecule has 5 heteroatoms. The van der Waals surface area contributed by atoms with Gasteiger partial charge in [0.1, 0.15) is 5.76 Å². The number of amides is 1. The molecule has 1 aromatic rings. The standard InChI is InChI=1S/C16H23NO4/c1-2-17(12-13-7-6-10-21-13)14(18)11-16(15(19)20)8-4-3-5-9-16/h6-7,10H,2-5,8-9,11-12H2,1H3,(H,19,20). The number of hydrogen-bond acceptors (Lipinski definition) is 3. The van der Waals surface area contributed by atoms with E-state index in [1.807, 2.05) is 13.0 Å². The largest absolute Gasteiger partial charge is 0.481 e. The molecular weight excluding hydrogens is 270 g/mol. The van der Waals surface area contributed by atoms with Crippen molar-refractivity contribution in [2.24, 2.45) is 5.41 Å². The molecule has 0 atom stereocenters. The van der Waals surface area contributed by atoms with Crippen molar-refractivity contribution < 1.29 is 19.1 Å². The lowest BCUT2D eigenvalue weighted by molar-refractivity contribution is -0.156. The van der Waals surface area contributed by atoms with Crippen LogP contribution in [-0.4, -0.2) is 28.4 Å². The normalized spacial score (nSPS) is 17.4. The molecule has 0 aromatic carbocycles. The second-order valence-electron chi connectivity index (χ2n) is 5.81. The Morgan fingerprint density at radius 1 is 1.33 bits per heavy atom. The number of carboxylic acid groups (broad SMARTS) is 1. The van der Waals surface area contributed by atoms with Crippen LogP contribution in [0.15, 0.2) is 22.8 Å². The molecule has 0 aliphatic heterocycles. The van der Waals surface area contributed by atoms with Gasteiger partial charge in [-0.2, -0.15) is 0 Å². The number of nitrogens with zero attached hydrogens (tertiary/aromatic N) is 1. The van der Waals surface area contributed by atoms with Gasteiger partial charge in [-0.3, -0.25) is 9.59 Å². The van der Waals surface area contributed by atoms with Gasteiger partial charge in [-0.05, 0) is 31.9 Å². The Balaban J connectivity index is 2.04. The SMILES string of the molecule is CCN(Cc1ccco1)C(=O)CC1(C(=O)O)CCCCC1. The molecule has 1 aromatic heterocycles. The summed E-state index contributed by atoms with van der Waals surface area (Å²) < 4.78 is 5.27. The zero-order valence-electron chi connectivity index (χ0n) is 12.5. The molecule has 1 fully saturated rings. The van der Waals surface area contributed by atoms with E-state index in [0.29, 0.717) is 25.9 Å². The summed E-state index contributed by atoms with van der Waals surface area (Å²) in [6.45, 7) is 2.85. The number of hydrogen-bond donors (Lipinski definition) is 1. The second-order valence-corrected chi connectivity index (χ2v) is 5.81. The fourth-order valence-corrected chi connectivity index (χ4v) is 3.06. The second kappa shape index (κ2) is 6.78. The molecule has 0 bridgehead atoms. The lowest BCUT2D eigenvalue weighted by Crippen LogP contribution is -2.40. The fourth-order valence-electron chi connectivity index (χ4n) is 3.06. The first kappa shape index (κ1) is 15.6. The van der Waals surface area contributed by atoms with Crippen LogP contribution in [0.1, 0.15) is 51.2 Å². The van der Waals surface area contributed by atoms with Crippen molar-refractivity contribution in [2.45, 2.75) is 52.0 Å². The molecule has 0 unspecified atom stereocenters. The van der Waals surface area contributed by atoms with Crippen molar-refractivity contribution >= 4 is 11.9 Å². The molecule has 1 aliphatic carbocycles. The maximum Gasteiger partial charge on any atom is 0.310 e. The number of carbonyl (C=O) groups is 2. The van der Waals surface area contributed by atoms with Crippen LogP contribution in [0.5, 0.6) is 0 Å². The Bertz CT molecular complexity index is 474. The molecule has 1 saturated carbocycles. The first-order valence-electron chi connectivity index (χ1n) is 7.61. The van der Waals surface area contributed by atoms with Crippen molar-refractivity contribution in [1.82, 2.24) is 4.90 Å². The third-order valence-corrected chi connectivity index (χ3v) is 4.42. The number of aliphatic carboxylic acids is 1. The van der Waals surface area contributed by atoms with E-state index in [2.05, 4.69) is 0 Å². The third-order valence-electron chi connectivity index (χ3n) is 4.42. The molecule has 1 amide bonds. The van der Waals surface area contributed by atoms with Gasteiger partial charge < -0.3 is 14.4 Å². The van der Waals surface area contributed by atoms with Gasteiger partial charge in [-0.25, -0.2) is 0 Å². The highest BCUT2D eigenvalue weighted by Gasteiger charge is 2.42. The van der Waals surface area contributed by atoms with Gasteiger partial charge in [0, 0.05) is 13.0 Å². The molecule has 1 aliphatic rings. The predicted molar refractivity (Wildman–Crippen MR) is 77.6 cm³/mol. The molecule has 1 heterocycles. The van der Waals surface area contributed by atoms with Gasteiger partial charge >= 0.3 is 5.97 Å². The Labute approximate surface area is 124 Å². The maximum absolute atomic E-state index is 12.5. The van der Waals surface area contributed by atoms with Crippen LogP contribution in [0.3, 0.4) is 0 Å². The minimum absolute atomic E-state index is 0.0941. The summed E-state index contributed by atoms with van der Waals surface area (Å²) >= 11 is 0. The van der Waals surface area contributed by atoms with Gasteiger partial charge in [-0.1, -0.05) is 19.3 Å². The minimum atomic E-state index is -0.869. The smallest absolute Gasteiger partial charge is 0.310 e. The average Bonchev–Trinajstić information content (AvgIpc) is 2.98. The Kier molecular flexibility index (Phi) is 5.04. The van der Waals surface area contributed by atoms with E-state index in [0.717, 1.165) is 25.0 Å². The summed E-state index contributed by atoms with van der Waals surface area (Å²) in [7, 11) is 0. The van der Waals surface area contributed by atoms with Crippen LogP contribution in [-0.2, 0) is 16.1 Å². The molecule has 116 valence electrons. The van der Waals surface area contributed by atoms with E-state index in [1.165, 1.54) is 0 Å². The summed E-state index contributed by atoms with van der Waals surface area (Å²) in [5, 5.41) is 9.56. The zero-order chi connectivity index (χ0) is 15.3. The monoisotopic (exact) mass is 293 g/mol. The highest BCUT2D eigenvalue weighted by molar-refractivity contribution is 5.85. The maximum atomic E-state index is 12.5. The Morgan fingerprint density at radius 3 is 2.57 bits per heavy atom. The van der Waals surface area contributed by atoms with E-state index < -0.39 is 11.4 Å². The number of carbonyl (C=O) groups excluding carboxylic acids is 1. The van der Waals surface area contributed by atoms with Gasteiger partial charge in [0.2, 0.25) is 5.91 Å². The predicted octanol–water partition coefficient (Wildman–Crippen LogP) is 3.05.